The Balaban J connectivity index is 1.62. The molecular formula is C19H15ClN4OS. The third-order valence-corrected chi connectivity index (χ3v) is 5.46. The first kappa shape index (κ1) is 16.8. The summed E-state index contributed by atoms with van der Waals surface area (Å²) in [7, 11) is 1.88. The summed E-state index contributed by atoms with van der Waals surface area (Å²) >= 11 is 7.40. The lowest BCUT2D eigenvalue weighted by molar-refractivity contribution is 0.0954. The second-order valence-electron chi connectivity index (χ2n) is 5.81. The van der Waals surface area contributed by atoms with Crippen LogP contribution in [0.25, 0.3) is 21.5 Å². The normalized spacial score (nSPS) is 11.0. The molecule has 3 heterocycles. The van der Waals surface area contributed by atoms with Gasteiger partial charge in [0.2, 0.25) is 0 Å². The van der Waals surface area contributed by atoms with E-state index in [-0.39, 0.29) is 5.91 Å². The summed E-state index contributed by atoms with van der Waals surface area (Å²) in [6, 6.07) is 15.1. The van der Waals surface area contributed by atoms with Crippen LogP contribution >= 0.6 is 22.9 Å². The van der Waals surface area contributed by atoms with E-state index in [1.165, 1.54) is 11.3 Å². The smallest absolute Gasteiger partial charge is 0.261 e. The Bertz CT molecular complexity index is 1070. The first-order valence-corrected chi connectivity index (χ1v) is 9.22. The van der Waals surface area contributed by atoms with Crippen LogP contribution in [-0.2, 0) is 13.6 Å². The second kappa shape index (κ2) is 6.90. The van der Waals surface area contributed by atoms with Gasteiger partial charge >= 0.3 is 0 Å². The van der Waals surface area contributed by atoms with E-state index >= 15 is 0 Å². The fourth-order valence-corrected chi connectivity index (χ4v) is 3.85. The number of thiophene rings is 1. The van der Waals surface area contributed by atoms with Gasteiger partial charge in [0.25, 0.3) is 5.91 Å². The van der Waals surface area contributed by atoms with Crippen LogP contribution in [0.2, 0.25) is 5.02 Å². The number of hydrogen-bond donors (Lipinski definition) is 1. The SMILES string of the molecule is Cn1nc(-c2ccc(Cl)cc2)c2cc(C(=O)NCc3ccccn3)sc21. The molecule has 0 saturated carbocycles. The predicted octanol–water partition coefficient (Wildman–Crippen LogP) is 4.28. The monoisotopic (exact) mass is 382 g/mol. The van der Waals surface area contributed by atoms with Crippen LogP contribution in [-0.4, -0.2) is 20.7 Å². The fourth-order valence-electron chi connectivity index (χ4n) is 2.73. The summed E-state index contributed by atoms with van der Waals surface area (Å²) in [5.41, 5.74) is 2.64. The quantitative estimate of drug-likeness (QED) is 0.573. The van der Waals surface area contributed by atoms with Crippen molar-refractivity contribution in [3.05, 3.63) is 70.3 Å². The molecule has 1 amide bonds. The molecule has 5 nitrogen and oxygen atoms in total. The van der Waals surface area contributed by atoms with E-state index in [1.54, 1.807) is 10.9 Å². The molecule has 0 radical (unpaired) electrons. The average Bonchev–Trinajstić information content (AvgIpc) is 3.22. The van der Waals surface area contributed by atoms with E-state index in [0.29, 0.717) is 16.4 Å². The Morgan fingerprint density at radius 2 is 2.04 bits per heavy atom. The Labute approximate surface area is 159 Å². The molecule has 0 aliphatic rings. The van der Waals surface area contributed by atoms with Gasteiger partial charge in [-0.15, -0.1) is 11.3 Å². The molecule has 1 aromatic carbocycles. The number of aryl methyl sites for hydroxylation is 1. The maximum absolute atomic E-state index is 12.5. The van der Waals surface area contributed by atoms with Crippen molar-refractivity contribution in [3.8, 4) is 11.3 Å². The van der Waals surface area contributed by atoms with Gasteiger partial charge in [0, 0.05) is 29.2 Å². The van der Waals surface area contributed by atoms with Gasteiger partial charge in [0.1, 0.15) is 10.5 Å². The molecule has 0 fully saturated rings. The van der Waals surface area contributed by atoms with Crippen molar-refractivity contribution >= 4 is 39.1 Å². The summed E-state index contributed by atoms with van der Waals surface area (Å²) in [6.45, 7) is 0.399. The zero-order chi connectivity index (χ0) is 18.1. The molecule has 0 aliphatic heterocycles. The van der Waals surface area contributed by atoms with Crippen LogP contribution in [0.5, 0.6) is 0 Å². The van der Waals surface area contributed by atoms with Crippen LogP contribution in [0.3, 0.4) is 0 Å². The summed E-state index contributed by atoms with van der Waals surface area (Å²) in [5.74, 6) is -0.112. The van der Waals surface area contributed by atoms with Gasteiger partial charge in [-0.05, 0) is 30.3 Å². The zero-order valence-corrected chi connectivity index (χ0v) is 15.5. The maximum atomic E-state index is 12.5. The minimum atomic E-state index is -0.112. The maximum Gasteiger partial charge on any atom is 0.261 e. The molecular weight excluding hydrogens is 368 g/mol. The van der Waals surface area contributed by atoms with E-state index in [4.69, 9.17) is 11.6 Å². The number of pyridine rings is 1. The third kappa shape index (κ3) is 3.21. The minimum Gasteiger partial charge on any atom is -0.346 e. The Morgan fingerprint density at radius 3 is 2.77 bits per heavy atom. The molecule has 0 aliphatic carbocycles. The van der Waals surface area contributed by atoms with Crippen molar-refractivity contribution in [1.29, 1.82) is 0 Å². The fraction of sp³-hybridized carbons (Fsp3) is 0.105. The molecule has 26 heavy (non-hydrogen) atoms. The number of benzene rings is 1. The molecule has 130 valence electrons. The zero-order valence-electron chi connectivity index (χ0n) is 13.9. The number of hydrogen-bond acceptors (Lipinski definition) is 4. The lowest BCUT2D eigenvalue weighted by Gasteiger charge is -2.02. The van der Waals surface area contributed by atoms with Crippen molar-refractivity contribution in [2.75, 3.05) is 0 Å². The van der Waals surface area contributed by atoms with Crippen LogP contribution in [0.4, 0.5) is 0 Å². The number of aromatic nitrogens is 3. The Hall–Kier alpha value is -2.70. The van der Waals surface area contributed by atoms with Crippen molar-refractivity contribution < 1.29 is 4.79 Å². The van der Waals surface area contributed by atoms with Gasteiger partial charge in [-0.3, -0.25) is 14.5 Å². The largest absolute Gasteiger partial charge is 0.346 e. The van der Waals surface area contributed by atoms with Crippen molar-refractivity contribution in [3.63, 3.8) is 0 Å². The molecule has 3 aromatic heterocycles. The van der Waals surface area contributed by atoms with E-state index in [1.807, 2.05) is 55.6 Å². The van der Waals surface area contributed by atoms with Crippen LogP contribution < -0.4 is 5.32 Å². The topological polar surface area (TPSA) is 59.8 Å². The average molecular weight is 383 g/mol. The molecule has 0 spiro atoms. The summed E-state index contributed by atoms with van der Waals surface area (Å²) < 4.78 is 1.81. The molecule has 0 bridgehead atoms. The molecule has 1 N–H and O–H groups in total. The molecule has 0 unspecified atom stereocenters. The number of carbonyl (C=O) groups is 1. The van der Waals surface area contributed by atoms with E-state index < -0.39 is 0 Å². The van der Waals surface area contributed by atoms with Crippen LogP contribution in [0.15, 0.2) is 54.7 Å². The summed E-state index contributed by atoms with van der Waals surface area (Å²) in [6.07, 6.45) is 1.71. The van der Waals surface area contributed by atoms with Crippen LogP contribution in [0, 0.1) is 0 Å². The van der Waals surface area contributed by atoms with Gasteiger partial charge in [0.15, 0.2) is 0 Å². The van der Waals surface area contributed by atoms with Gasteiger partial charge in [-0.2, -0.15) is 5.10 Å². The predicted molar refractivity (Wildman–Crippen MR) is 104 cm³/mol. The number of nitrogens with zero attached hydrogens (tertiary/aromatic N) is 3. The lowest BCUT2D eigenvalue weighted by Crippen LogP contribution is -2.22. The number of amides is 1. The number of halogens is 1. The Morgan fingerprint density at radius 1 is 1.23 bits per heavy atom. The highest BCUT2D eigenvalue weighted by Crippen LogP contribution is 2.34. The standard InChI is InChI=1S/C19H15ClN4OS/c1-24-19-15(17(23-24)12-5-7-13(20)8-6-12)10-16(26-19)18(25)22-11-14-4-2-3-9-21-14/h2-10H,11H2,1H3,(H,22,25). The summed E-state index contributed by atoms with van der Waals surface area (Å²) in [4.78, 5) is 18.3. The molecule has 0 saturated heterocycles. The highest BCUT2D eigenvalue weighted by molar-refractivity contribution is 7.20. The molecule has 4 rings (SSSR count). The molecule has 4 aromatic rings. The third-order valence-electron chi connectivity index (χ3n) is 4.01. The number of nitrogens with one attached hydrogen (secondary N) is 1. The van der Waals surface area contributed by atoms with E-state index in [0.717, 1.165) is 27.2 Å². The van der Waals surface area contributed by atoms with Gasteiger partial charge in [-0.1, -0.05) is 29.8 Å². The highest BCUT2D eigenvalue weighted by atomic mass is 35.5. The second-order valence-corrected chi connectivity index (χ2v) is 7.28. The molecule has 7 heteroatoms. The van der Waals surface area contributed by atoms with Gasteiger partial charge in [-0.25, -0.2) is 0 Å². The lowest BCUT2D eigenvalue weighted by atomic mass is 10.1. The number of carbonyl (C=O) groups excluding carboxylic acids is 1. The van der Waals surface area contributed by atoms with E-state index in [2.05, 4.69) is 15.4 Å². The number of fused-ring (bicyclic) bond motifs is 1. The van der Waals surface area contributed by atoms with Crippen molar-refractivity contribution in [1.82, 2.24) is 20.1 Å². The van der Waals surface area contributed by atoms with Crippen LogP contribution in [0.1, 0.15) is 15.4 Å². The highest BCUT2D eigenvalue weighted by Gasteiger charge is 2.17. The van der Waals surface area contributed by atoms with Crippen molar-refractivity contribution in [2.45, 2.75) is 6.54 Å². The van der Waals surface area contributed by atoms with Crippen molar-refractivity contribution in [2.24, 2.45) is 7.05 Å². The van der Waals surface area contributed by atoms with Gasteiger partial charge in [0.05, 0.1) is 17.1 Å². The minimum absolute atomic E-state index is 0.112. The Kier molecular flexibility index (Phi) is 4.44. The summed E-state index contributed by atoms with van der Waals surface area (Å²) in [5, 5.41) is 9.14. The molecule has 0 atom stereocenters. The first-order valence-electron chi connectivity index (χ1n) is 8.02. The van der Waals surface area contributed by atoms with E-state index in [9.17, 15) is 4.79 Å². The van der Waals surface area contributed by atoms with Gasteiger partial charge < -0.3 is 5.32 Å². The number of rotatable bonds is 4. The first-order chi connectivity index (χ1) is 12.6.